The first-order valence-electron chi connectivity index (χ1n) is 6.56. The Bertz CT molecular complexity index is 312. The SMILES string of the molecule is CC(NCC(=O)NC1CC1)C(=O)N1CCOCC1. The van der Waals surface area contributed by atoms with Gasteiger partial charge in [0.2, 0.25) is 11.8 Å². The lowest BCUT2D eigenvalue weighted by Gasteiger charge is -2.29. The molecule has 1 unspecified atom stereocenters. The molecule has 2 rings (SSSR count). The van der Waals surface area contributed by atoms with E-state index >= 15 is 0 Å². The van der Waals surface area contributed by atoms with Gasteiger partial charge in [-0.15, -0.1) is 0 Å². The Labute approximate surface area is 107 Å². The molecule has 102 valence electrons. The molecule has 1 atom stereocenters. The highest BCUT2D eigenvalue weighted by atomic mass is 16.5. The molecule has 2 N–H and O–H groups in total. The Kier molecular flexibility index (Phi) is 4.54. The zero-order chi connectivity index (χ0) is 13.0. The Hall–Kier alpha value is -1.14. The van der Waals surface area contributed by atoms with E-state index in [1.165, 1.54) is 0 Å². The van der Waals surface area contributed by atoms with Gasteiger partial charge < -0.3 is 15.0 Å². The van der Waals surface area contributed by atoms with Crippen LogP contribution in [0.25, 0.3) is 0 Å². The number of hydrogen-bond donors (Lipinski definition) is 2. The van der Waals surface area contributed by atoms with E-state index in [0.717, 1.165) is 12.8 Å². The van der Waals surface area contributed by atoms with Crippen molar-refractivity contribution in [3.05, 3.63) is 0 Å². The minimum absolute atomic E-state index is 0.0286. The van der Waals surface area contributed by atoms with Crippen LogP contribution in [0.3, 0.4) is 0 Å². The van der Waals surface area contributed by atoms with Crippen molar-refractivity contribution in [2.75, 3.05) is 32.8 Å². The number of carbonyl (C=O) groups is 2. The van der Waals surface area contributed by atoms with E-state index in [-0.39, 0.29) is 24.4 Å². The lowest BCUT2D eigenvalue weighted by Crippen LogP contribution is -2.50. The molecule has 0 aromatic heterocycles. The molecule has 1 saturated carbocycles. The Morgan fingerprint density at radius 1 is 1.33 bits per heavy atom. The summed E-state index contributed by atoms with van der Waals surface area (Å²) in [7, 11) is 0. The molecule has 2 fully saturated rings. The van der Waals surface area contributed by atoms with Crippen LogP contribution in [-0.2, 0) is 14.3 Å². The van der Waals surface area contributed by atoms with Gasteiger partial charge in [-0.3, -0.25) is 14.9 Å². The summed E-state index contributed by atoms with van der Waals surface area (Å²) >= 11 is 0. The summed E-state index contributed by atoms with van der Waals surface area (Å²) in [6.07, 6.45) is 2.15. The van der Waals surface area contributed by atoms with Crippen molar-refractivity contribution in [1.29, 1.82) is 0 Å². The molecule has 2 amide bonds. The van der Waals surface area contributed by atoms with Crippen molar-refractivity contribution in [2.45, 2.75) is 31.8 Å². The van der Waals surface area contributed by atoms with Gasteiger partial charge in [0.05, 0.1) is 25.8 Å². The summed E-state index contributed by atoms with van der Waals surface area (Å²) in [5, 5.41) is 5.85. The second-order valence-electron chi connectivity index (χ2n) is 4.88. The lowest BCUT2D eigenvalue weighted by atomic mass is 10.2. The van der Waals surface area contributed by atoms with E-state index in [1.807, 2.05) is 0 Å². The lowest BCUT2D eigenvalue weighted by molar-refractivity contribution is -0.137. The summed E-state index contributed by atoms with van der Waals surface area (Å²) < 4.78 is 5.20. The molecular formula is C12H21N3O3. The topological polar surface area (TPSA) is 70.7 Å². The van der Waals surface area contributed by atoms with Crippen molar-refractivity contribution < 1.29 is 14.3 Å². The number of amides is 2. The highest BCUT2D eigenvalue weighted by molar-refractivity contribution is 5.83. The molecule has 1 aliphatic carbocycles. The maximum Gasteiger partial charge on any atom is 0.239 e. The fraction of sp³-hybridized carbons (Fsp3) is 0.833. The quantitative estimate of drug-likeness (QED) is 0.668. The van der Waals surface area contributed by atoms with Crippen LogP contribution in [0.4, 0.5) is 0 Å². The zero-order valence-electron chi connectivity index (χ0n) is 10.8. The van der Waals surface area contributed by atoms with Crippen LogP contribution in [0.2, 0.25) is 0 Å². The molecule has 1 aliphatic heterocycles. The highest BCUT2D eigenvalue weighted by Gasteiger charge is 2.25. The normalized spacial score (nSPS) is 21.5. The van der Waals surface area contributed by atoms with E-state index in [9.17, 15) is 9.59 Å². The van der Waals surface area contributed by atoms with E-state index in [4.69, 9.17) is 4.74 Å². The van der Waals surface area contributed by atoms with Gasteiger partial charge in [-0.2, -0.15) is 0 Å². The van der Waals surface area contributed by atoms with Gasteiger partial charge in [-0.1, -0.05) is 0 Å². The second-order valence-corrected chi connectivity index (χ2v) is 4.88. The third-order valence-corrected chi connectivity index (χ3v) is 3.20. The molecule has 6 nitrogen and oxygen atoms in total. The van der Waals surface area contributed by atoms with Crippen LogP contribution in [0.1, 0.15) is 19.8 Å². The van der Waals surface area contributed by atoms with Gasteiger partial charge in [0, 0.05) is 19.1 Å². The maximum absolute atomic E-state index is 12.0. The van der Waals surface area contributed by atoms with Crippen LogP contribution in [0.5, 0.6) is 0 Å². The molecule has 0 aromatic rings. The van der Waals surface area contributed by atoms with E-state index in [1.54, 1.807) is 11.8 Å². The summed E-state index contributed by atoms with van der Waals surface area (Å²) in [4.78, 5) is 25.3. The Morgan fingerprint density at radius 2 is 2.00 bits per heavy atom. The molecule has 18 heavy (non-hydrogen) atoms. The number of rotatable bonds is 5. The average Bonchev–Trinajstić information content (AvgIpc) is 3.20. The van der Waals surface area contributed by atoms with Crippen LogP contribution in [-0.4, -0.2) is 61.6 Å². The van der Waals surface area contributed by atoms with Crippen molar-refractivity contribution >= 4 is 11.8 Å². The molecule has 0 radical (unpaired) electrons. The van der Waals surface area contributed by atoms with Gasteiger partial charge in [0.15, 0.2) is 0 Å². The van der Waals surface area contributed by atoms with E-state index in [2.05, 4.69) is 10.6 Å². The Morgan fingerprint density at radius 3 is 2.61 bits per heavy atom. The first-order valence-corrected chi connectivity index (χ1v) is 6.56. The molecule has 1 saturated heterocycles. The number of carbonyl (C=O) groups excluding carboxylic acids is 2. The van der Waals surface area contributed by atoms with Crippen molar-refractivity contribution in [1.82, 2.24) is 15.5 Å². The second kappa shape index (κ2) is 6.15. The number of nitrogens with one attached hydrogen (secondary N) is 2. The fourth-order valence-corrected chi connectivity index (χ4v) is 1.90. The summed E-state index contributed by atoms with van der Waals surface area (Å²) in [6, 6.07) is 0.0394. The monoisotopic (exact) mass is 255 g/mol. The minimum Gasteiger partial charge on any atom is -0.378 e. The van der Waals surface area contributed by atoms with Gasteiger partial charge in [-0.25, -0.2) is 0 Å². The van der Waals surface area contributed by atoms with Gasteiger partial charge >= 0.3 is 0 Å². The van der Waals surface area contributed by atoms with Gasteiger partial charge in [0.25, 0.3) is 0 Å². The number of morpholine rings is 1. The summed E-state index contributed by atoms with van der Waals surface area (Å²) in [5.74, 6) is 0.0108. The van der Waals surface area contributed by atoms with Crippen molar-refractivity contribution in [2.24, 2.45) is 0 Å². The highest BCUT2D eigenvalue weighted by Crippen LogP contribution is 2.18. The molecule has 0 aromatic carbocycles. The summed E-state index contributed by atoms with van der Waals surface area (Å²) in [6.45, 7) is 4.47. The molecule has 2 aliphatic rings. The Balaban J connectivity index is 1.67. The standard InChI is InChI=1S/C12H21N3O3/c1-9(12(17)15-4-6-18-7-5-15)13-8-11(16)14-10-2-3-10/h9-10,13H,2-8H2,1H3,(H,14,16). The molecule has 1 heterocycles. The van der Waals surface area contributed by atoms with Crippen LogP contribution in [0.15, 0.2) is 0 Å². The van der Waals surface area contributed by atoms with Crippen LogP contribution in [0, 0.1) is 0 Å². The van der Waals surface area contributed by atoms with E-state index in [0.29, 0.717) is 32.3 Å². The molecule has 6 heteroatoms. The van der Waals surface area contributed by atoms with E-state index < -0.39 is 0 Å². The maximum atomic E-state index is 12.0. The number of nitrogens with zero attached hydrogens (tertiary/aromatic N) is 1. The smallest absolute Gasteiger partial charge is 0.239 e. The van der Waals surface area contributed by atoms with Gasteiger partial charge in [-0.05, 0) is 19.8 Å². The van der Waals surface area contributed by atoms with Crippen molar-refractivity contribution in [3.63, 3.8) is 0 Å². The first kappa shape index (κ1) is 13.3. The van der Waals surface area contributed by atoms with Crippen LogP contribution < -0.4 is 10.6 Å². The average molecular weight is 255 g/mol. The first-order chi connectivity index (χ1) is 8.66. The third-order valence-electron chi connectivity index (χ3n) is 3.20. The molecule has 0 bridgehead atoms. The zero-order valence-corrected chi connectivity index (χ0v) is 10.8. The summed E-state index contributed by atoms with van der Waals surface area (Å²) in [5.41, 5.74) is 0. The predicted octanol–water partition coefficient (Wildman–Crippen LogP) is -0.898. The fourth-order valence-electron chi connectivity index (χ4n) is 1.90. The van der Waals surface area contributed by atoms with Gasteiger partial charge in [0.1, 0.15) is 0 Å². The molecular weight excluding hydrogens is 234 g/mol. The van der Waals surface area contributed by atoms with Crippen LogP contribution >= 0.6 is 0 Å². The predicted molar refractivity (Wildman–Crippen MR) is 66.0 cm³/mol. The minimum atomic E-state index is -0.326. The molecule has 0 spiro atoms. The van der Waals surface area contributed by atoms with Crippen molar-refractivity contribution in [3.8, 4) is 0 Å². The largest absolute Gasteiger partial charge is 0.378 e. The number of ether oxygens (including phenoxy) is 1. The number of hydrogen-bond acceptors (Lipinski definition) is 4. The third kappa shape index (κ3) is 3.96.